The van der Waals surface area contributed by atoms with E-state index in [2.05, 4.69) is 43.4 Å². The monoisotopic (exact) mass is 243 g/mol. The predicted octanol–water partition coefficient (Wildman–Crippen LogP) is 2.63. The van der Waals surface area contributed by atoms with Crippen molar-refractivity contribution in [1.82, 2.24) is 15.8 Å². The third kappa shape index (κ3) is 3.32. The quantitative estimate of drug-likeness (QED) is 0.701. The fourth-order valence-electron chi connectivity index (χ4n) is 2.04. The van der Waals surface area contributed by atoms with E-state index in [0.717, 1.165) is 30.9 Å². The highest BCUT2D eigenvalue weighted by molar-refractivity contribution is 7.80. The molecule has 1 rings (SSSR count). The average molecular weight is 243 g/mol. The Hall–Kier alpha value is -0.350. The van der Waals surface area contributed by atoms with Crippen molar-refractivity contribution >= 4 is 17.3 Å². The van der Waals surface area contributed by atoms with Gasteiger partial charge in [0.2, 0.25) is 0 Å². The number of nitrogens with one attached hydrogen (secondary N) is 2. The first kappa shape index (κ1) is 13.7. The summed E-state index contributed by atoms with van der Waals surface area (Å²) in [4.78, 5) is 0. The molecule has 0 aromatic heterocycles. The van der Waals surface area contributed by atoms with E-state index in [1.807, 2.05) is 0 Å². The second kappa shape index (κ2) is 5.82. The number of hydrogen-bond acceptors (Lipinski definition) is 2. The Bertz CT molecular complexity index is 242. The molecule has 94 valence electrons. The maximum Gasteiger partial charge on any atom is 0.185 e. The first-order valence-corrected chi connectivity index (χ1v) is 6.81. The Morgan fingerprint density at radius 1 is 1.38 bits per heavy atom. The summed E-state index contributed by atoms with van der Waals surface area (Å²) in [6, 6.07) is 0. The van der Waals surface area contributed by atoms with Gasteiger partial charge in [0.1, 0.15) is 5.66 Å². The van der Waals surface area contributed by atoms with E-state index in [0.29, 0.717) is 5.92 Å². The van der Waals surface area contributed by atoms with Crippen molar-refractivity contribution < 1.29 is 0 Å². The van der Waals surface area contributed by atoms with Crippen molar-refractivity contribution in [2.24, 2.45) is 5.92 Å². The zero-order valence-corrected chi connectivity index (χ0v) is 11.8. The topological polar surface area (TPSA) is 27.3 Å². The third-order valence-corrected chi connectivity index (χ3v) is 3.47. The molecule has 4 heteroatoms. The molecule has 0 radical (unpaired) electrons. The third-order valence-electron chi connectivity index (χ3n) is 3.15. The lowest BCUT2D eigenvalue weighted by Gasteiger charge is -2.28. The molecule has 3 nitrogen and oxygen atoms in total. The Labute approximate surface area is 105 Å². The van der Waals surface area contributed by atoms with Gasteiger partial charge in [0.25, 0.3) is 0 Å². The first-order chi connectivity index (χ1) is 7.53. The first-order valence-electron chi connectivity index (χ1n) is 6.40. The van der Waals surface area contributed by atoms with Gasteiger partial charge in [0.05, 0.1) is 0 Å². The SMILES string of the molecule is CCCC1(CC)NC(=S)N(CCC(C)C)N1. The van der Waals surface area contributed by atoms with Crippen LogP contribution in [0.15, 0.2) is 0 Å². The molecule has 0 saturated carbocycles. The number of hydrogen-bond donors (Lipinski definition) is 2. The van der Waals surface area contributed by atoms with Crippen LogP contribution in [0.5, 0.6) is 0 Å². The van der Waals surface area contributed by atoms with Gasteiger partial charge in [0, 0.05) is 6.54 Å². The number of rotatable bonds is 6. The van der Waals surface area contributed by atoms with Gasteiger partial charge in [-0.25, -0.2) is 5.43 Å². The predicted molar refractivity (Wildman–Crippen MR) is 73.0 cm³/mol. The summed E-state index contributed by atoms with van der Waals surface area (Å²) in [5, 5.41) is 6.40. The Morgan fingerprint density at radius 2 is 2.06 bits per heavy atom. The number of thiocarbonyl (C=S) groups is 1. The molecule has 1 heterocycles. The molecule has 1 atom stereocenters. The van der Waals surface area contributed by atoms with Crippen molar-refractivity contribution in [3.63, 3.8) is 0 Å². The summed E-state index contributed by atoms with van der Waals surface area (Å²) >= 11 is 5.37. The van der Waals surface area contributed by atoms with Gasteiger partial charge < -0.3 is 5.32 Å². The highest BCUT2D eigenvalue weighted by Gasteiger charge is 2.37. The average Bonchev–Trinajstić information content (AvgIpc) is 2.54. The molecule has 0 aromatic rings. The van der Waals surface area contributed by atoms with Crippen molar-refractivity contribution in [2.45, 2.75) is 59.0 Å². The molecule has 0 aromatic carbocycles. The molecule has 0 bridgehead atoms. The van der Waals surface area contributed by atoms with Gasteiger partial charge in [-0.05, 0) is 37.4 Å². The normalized spacial score (nSPS) is 25.3. The molecule has 2 N–H and O–H groups in total. The maximum atomic E-state index is 5.37. The molecule has 1 fully saturated rings. The zero-order valence-electron chi connectivity index (χ0n) is 11.0. The Balaban J connectivity index is 2.54. The van der Waals surface area contributed by atoms with Crippen LogP contribution in [0, 0.1) is 5.92 Å². The van der Waals surface area contributed by atoms with Gasteiger partial charge >= 0.3 is 0 Å². The Morgan fingerprint density at radius 3 is 2.56 bits per heavy atom. The summed E-state index contributed by atoms with van der Waals surface area (Å²) < 4.78 is 0. The molecule has 1 aliphatic rings. The minimum Gasteiger partial charge on any atom is -0.342 e. The standard InChI is InChI=1S/C12H25N3S/c1-5-8-12(6-2)13-11(16)15(14-12)9-7-10(3)4/h10,14H,5-9H2,1-4H3,(H,13,16). The van der Waals surface area contributed by atoms with Crippen LogP contribution in [0.2, 0.25) is 0 Å². The molecule has 1 unspecified atom stereocenters. The molecule has 1 saturated heterocycles. The highest BCUT2D eigenvalue weighted by atomic mass is 32.1. The summed E-state index contributed by atoms with van der Waals surface area (Å²) in [7, 11) is 0. The Kier molecular flexibility index (Phi) is 4.99. The van der Waals surface area contributed by atoms with Crippen LogP contribution in [0.25, 0.3) is 0 Å². The zero-order chi connectivity index (χ0) is 12.2. The fraction of sp³-hybridized carbons (Fsp3) is 0.917. The van der Waals surface area contributed by atoms with Crippen LogP contribution >= 0.6 is 12.2 Å². The molecule has 0 aliphatic carbocycles. The van der Waals surface area contributed by atoms with Gasteiger partial charge in [-0.3, -0.25) is 5.01 Å². The van der Waals surface area contributed by atoms with Gasteiger partial charge in [-0.1, -0.05) is 34.1 Å². The smallest absolute Gasteiger partial charge is 0.185 e. The molecule has 0 amide bonds. The lowest BCUT2D eigenvalue weighted by Crippen LogP contribution is -2.50. The number of hydrazine groups is 1. The van der Waals surface area contributed by atoms with Crippen molar-refractivity contribution in [1.29, 1.82) is 0 Å². The van der Waals surface area contributed by atoms with Gasteiger partial charge in [-0.2, -0.15) is 0 Å². The van der Waals surface area contributed by atoms with Crippen LogP contribution in [-0.2, 0) is 0 Å². The van der Waals surface area contributed by atoms with Crippen LogP contribution < -0.4 is 10.7 Å². The van der Waals surface area contributed by atoms with E-state index >= 15 is 0 Å². The van der Waals surface area contributed by atoms with Crippen LogP contribution in [-0.4, -0.2) is 22.3 Å². The van der Waals surface area contributed by atoms with Crippen LogP contribution in [0.1, 0.15) is 53.4 Å². The lowest BCUT2D eigenvalue weighted by atomic mass is 10.0. The van der Waals surface area contributed by atoms with Crippen molar-refractivity contribution in [2.75, 3.05) is 6.54 Å². The largest absolute Gasteiger partial charge is 0.342 e. The molecular formula is C12H25N3S. The maximum absolute atomic E-state index is 5.37. The van der Waals surface area contributed by atoms with Crippen LogP contribution in [0.3, 0.4) is 0 Å². The van der Waals surface area contributed by atoms with Crippen molar-refractivity contribution in [3.05, 3.63) is 0 Å². The lowest BCUT2D eigenvalue weighted by molar-refractivity contribution is 0.191. The van der Waals surface area contributed by atoms with Crippen LogP contribution in [0.4, 0.5) is 0 Å². The summed E-state index contributed by atoms with van der Waals surface area (Å²) in [6.07, 6.45) is 4.50. The minimum absolute atomic E-state index is 0.00279. The van der Waals surface area contributed by atoms with E-state index in [-0.39, 0.29) is 5.66 Å². The summed E-state index contributed by atoms with van der Waals surface area (Å²) in [5.74, 6) is 0.715. The van der Waals surface area contributed by atoms with Crippen molar-refractivity contribution in [3.8, 4) is 0 Å². The second-order valence-electron chi connectivity index (χ2n) is 5.06. The van der Waals surface area contributed by atoms with E-state index in [4.69, 9.17) is 12.2 Å². The molecule has 0 spiro atoms. The van der Waals surface area contributed by atoms with E-state index in [1.165, 1.54) is 6.42 Å². The highest BCUT2D eigenvalue weighted by Crippen LogP contribution is 2.20. The molecular weight excluding hydrogens is 218 g/mol. The summed E-state index contributed by atoms with van der Waals surface area (Å²) in [6.45, 7) is 9.89. The summed E-state index contributed by atoms with van der Waals surface area (Å²) in [5.41, 5.74) is 3.54. The fourth-order valence-corrected chi connectivity index (χ4v) is 2.38. The molecule has 1 aliphatic heterocycles. The van der Waals surface area contributed by atoms with E-state index in [1.54, 1.807) is 0 Å². The number of nitrogens with zero attached hydrogens (tertiary/aromatic N) is 1. The van der Waals surface area contributed by atoms with E-state index in [9.17, 15) is 0 Å². The van der Waals surface area contributed by atoms with Gasteiger partial charge in [0.15, 0.2) is 5.11 Å². The minimum atomic E-state index is 0.00279. The van der Waals surface area contributed by atoms with E-state index < -0.39 is 0 Å². The van der Waals surface area contributed by atoms with Gasteiger partial charge in [-0.15, -0.1) is 0 Å². The molecule has 16 heavy (non-hydrogen) atoms. The second-order valence-corrected chi connectivity index (χ2v) is 5.45.